The summed E-state index contributed by atoms with van der Waals surface area (Å²) in [6, 6.07) is -0.239. The second-order valence-electron chi connectivity index (χ2n) is 6.11. The fourth-order valence-corrected chi connectivity index (χ4v) is 3.12. The number of carbonyl (C=O) groups is 2. The molecule has 2 amide bonds. The number of amides is 2. The molecule has 0 aromatic heterocycles. The lowest BCUT2D eigenvalue weighted by Gasteiger charge is -2.36. The van der Waals surface area contributed by atoms with Gasteiger partial charge in [0.15, 0.2) is 0 Å². The Kier molecular flexibility index (Phi) is 3.94. The minimum absolute atomic E-state index is 0.0363. The Bertz CT molecular complexity index is 397. The van der Waals surface area contributed by atoms with E-state index in [-0.39, 0.29) is 23.8 Å². The van der Waals surface area contributed by atoms with E-state index in [0.717, 1.165) is 32.1 Å². The van der Waals surface area contributed by atoms with Gasteiger partial charge in [-0.3, -0.25) is 9.59 Å². The minimum atomic E-state index is -0.482. The van der Waals surface area contributed by atoms with E-state index in [4.69, 9.17) is 10.5 Å². The summed E-state index contributed by atoms with van der Waals surface area (Å²) in [6.07, 6.45) is 4.83. The van der Waals surface area contributed by atoms with Crippen molar-refractivity contribution in [3.8, 4) is 0 Å². The van der Waals surface area contributed by atoms with Gasteiger partial charge in [-0.2, -0.15) is 0 Å². The summed E-state index contributed by atoms with van der Waals surface area (Å²) in [5.74, 6) is -0.161. The number of carbonyl (C=O) groups excluding carboxylic acids is 2. The number of rotatable bonds is 3. The van der Waals surface area contributed by atoms with Gasteiger partial charge in [0.2, 0.25) is 11.8 Å². The fraction of sp³-hybridized carbons (Fsp3) is 0.857. The molecule has 20 heavy (non-hydrogen) atoms. The molecule has 0 radical (unpaired) electrons. The van der Waals surface area contributed by atoms with Crippen molar-refractivity contribution < 1.29 is 14.3 Å². The molecule has 2 aliphatic carbocycles. The van der Waals surface area contributed by atoms with Crippen molar-refractivity contribution in [2.24, 2.45) is 11.7 Å². The number of nitrogens with two attached hydrogens (primary N) is 1. The van der Waals surface area contributed by atoms with Gasteiger partial charge in [-0.05, 0) is 25.7 Å². The first-order valence-corrected chi connectivity index (χ1v) is 7.61. The van der Waals surface area contributed by atoms with Gasteiger partial charge in [0.05, 0.1) is 19.1 Å². The number of hydrogen-bond acceptors (Lipinski definition) is 4. The SMILES string of the molecule is NC1CCCC1C(=O)N1CCOCC1C(=O)NC1CC1. The van der Waals surface area contributed by atoms with E-state index in [1.807, 2.05) is 0 Å². The zero-order chi connectivity index (χ0) is 14.1. The summed E-state index contributed by atoms with van der Waals surface area (Å²) in [4.78, 5) is 26.6. The standard InChI is InChI=1S/C14H23N3O3/c15-11-3-1-2-10(11)14(19)17-6-7-20-8-12(17)13(18)16-9-4-5-9/h9-12H,1-8,15H2,(H,16,18). The van der Waals surface area contributed by atoms with Crippen LogP contribution >= 0.6 is 0 Å². The molecular formula is C14H23N3O3. The van der Waals surface area contributed by atoms with E-state index in [2.05, 4.69) is 5.32 Å². The normalized spacial score (nSPS) is 34.0. The van der Waals surface area contributed by atoms with E-state index >= 15 is 0 Å². The van der Waals surface area contributed by atoms with Crippen molar-refractivity contribution in [1.29, 1.82) is 0 Å². The van der Waals surface area contributed by atoms with Crippen LogP contribution in [-0.2, 0) is 14.3 Å². The molecule has 0 spiro atoms. The van der Waals surface area contributed by atoms with E-state index < -0.39 is 6.04 Å². The average Bonchev–Trinajstić information content (AvgIpc) is 3.17. The van der Waals surface area contributed by atoms with Gasteiger partial charge < -0.3 is 20.7 Å². The lowest BCUT2D eigenvalue weighted by Crippen LogP contribution is -2.58. The topological polar surface area (TPSA) is 84.7 Å². The van der Waals surface area contributed by atoms with Crippen molar-refractivity contribution in [3.63, 3.8) is 0 Å². The zero-order valence-corrected chi connectivity index (χ0v) is 11.7. The van der Waals surface area contributed by atoms with Crippen molar-refractivity contribution >= 4 is 11.8 Å². The van der Waals surface area contributed by atoms with Gasteiger partial charge >= 0.3 is 0 Å². The minimum Gasteiger partial charge on any atom is -0.377 e. The second-order valence-corrected chi connectivity index (χ2v) is 6.11. The fourth-order valence-electron chi connectivity index (χ4n) is 3.12. The van der Waals surface area contributed by atoms with Crippen LogP contribution in [0.5, 0.6) is 0 Å². The highest BCUT2D eigenvalue weighted by molar-refractivity contribution is 5.89. The first-order valence-electron chi connectivity index (χ1n) is 7.61. The molecule has 3 rings (SSSR count). The van der Waals surface area contributed by atoms with Crippen LogP contribution in [-0.4, -0.2) is 54.6 Å². The maximum absolute atomic E-state index is 12.6. The molecule has 3 unspecified atom stereocenters. The van der Waals surface area contributed by atoms with Crippen LogP contribution in [0.1, 0.15) is 32.1 Å². The molecule has 3 aliphatic rings. The summed E-state index contributed by atoms with van der Waals surface area (Å²) in [5, 5.41) is 2.97. The predicted octanol–water partition coefficient (Wildman–Crippen LogP) is -0.380. The van der Waals surface area contributed by atoms with Crippen LogP contribution in [0.25, 0.3) is 0 Å². The number of nitrogens with one attached hydrogen (secondary N) is 1. The molecule has 3 fully saturated rings. The number of hydrogen-bond donors (Lipinski definition) is 2. The molecule has 6 heteroatoms. The van der Waals surface area contributed by atoms with Crippen molar-refractivity contribution in [2.45, 2.75) is 50.2 Å². The lowest BCUT2D eigenvalue weighted by molar-refractivity contribution is -0.151. The molecule has 0 aromatic carbocycles. The third-order valence-corrected chi connectivity index (χ3v) is 4.52. The summed E-state index contributed by atoms with van der Waals surface area (Å²) >= 11 is 0. The summed E-state index contributed by atoms with van der Waals surface area (Å²) < 4.78 is 5.39. The van der Waals surface area contributed by atoms with Gasteiger partial charge in [0.1, 0.15) is 6.04 Å². The molecule has 0 aromatic rings. The molecule has 1 saturated heterocycles. The highest BCUT2D eigenvalue weighted by Gasteiger charge is 2.40. The summed E-state index contributed by atoms with van der Waals surface area (Å²) in [5.41, 5.74) is 6.02. The Hall–Kier alpha value is -1.14. The first kappa shape index (κ1) is 13.8. The predicted molar refractivity (Wildman–Crippen MR) is 72.8 cm³/mol. The molecule has 3 atom stereocenters. The maximum atomic E-state index is 12.6. The van der Waals surface area contributed by atoms with Gasteiger partial charge in [-0.25, -0.2) is 0 Å². The highest BCUT2D eigenvalue weighted by atomic mass is 16.5. The number of nitrogens with zero attached hydrogens (tertiary/aromatic N) is 1. The van der Waals surface area contributed by atoms with Gasteiger partial charge in [-0.1, -0.05) is 6.42 Å². The first-order chi connectivity index (χ1) is 9.66. The largest absolute Gasteiger partial charge is 0.377 e. The molecule has 2 saturated carbocycles. The third-order valence-electron chi connectivity index (χ3n) is 4.52. The molecule has 1 heterocycles. The Morgan fingerprint density at radius 2 is 2.00 bits per heavy atom. The van der Waals surface area contributed by atoms with Crippen molar-refractivity contribution in [3.05, 3.63) is 0 Å². The van der Waals surface area contributed by atoms with E-state index in [0.29, 0.717) is 25.8 Å². The molecule has 0 bridgehead atoms. The average molecular weight is 281 g/mol. The van der Waals surface area contributed by atoms with Crippen LogP contribution in [0.4, 0.5) is 0 Å². The smallest absolute Gasteiger partial charge is 0.245 e. The third kappa shape index (κ3) is 2.81. The van der Waals surface area contributed by atoms with Crippen molar-refractivity contribution in [2.75, 3.05) is 19.8 Å². The molecular weight excluding hydrogens is 258 g/mol. The molecule has 3 N–H and O–H groups in total. The lowest BCUT2D eigenvalue weighted by atomic mass is 10.0. The van der Waals surface area contributed by atoms with Gasteiger partial charge in [0, 0.05) is 18.6 Å². The Morgan fingerprint density at radius 1 is 1.20 bits per heavy atom. The van der Waals surface area contributed by atoms with Crippen LogP contribution in [0.2, 0.25) is 0 Å². The van der Waals surface area contributed by atoms with Crippen LogP contribution in [0.15, 0.2) is 0 Å². The van der Waals surface area contributed by atoms with Gasteiger partial charge in [0.25, 0.3) is 0 Å². The van der Waals surface area contributed by atoms with Gasteiger partial charge in [-0.15, -0.1) is 0 Å². The van der Waals surface area contributed by atoms with E-state index in [9.17, 15) is 9.59 Å². The Balaban J connectivity index is 1.67. The van der Waals surface area contributed by atoms with Crippen LogP contribution in [0, 0.1) is 5.92 Å². The number of ether oxygens (including phenoxy) is 1. The second kappa shape index (κ2) is 5.69. The van der Waals surface area contributed by atoms with Crippen LogP contribution in [0.3, 0.4) is 0 Å². The monoisotopic (exact) mass is 281 g/mol. The molecule has 1 aliphatic heterocycles. The molecule has 6 nitrogen and oxygen atoms in total. The Labute approximate surface area is 119 Å². The van der Waals surface area contributed by atoms with Crippen molar-refractivity contribution in [1.82, 2.24) is 10.2 Å². The summed E-state index contributed by atoms with van der Waals surface area (Å²) in [6.45, 7) is 1.29. The van der Waals surface area contributed by atoms with Crippen LogP contribution < -0.4 is 11.1 Å². The number of morpholine rings is 1. The van der Waals surface area contributed by atoms with E-state index in [1.54, 1.807) is 4.90 Å². The summed E-state index contributed by atoms with van der Waals surface area (Å²) in [7, 11) is 0. The highest BCUT2D eigenvalue weighted by Crippen LogP contribution is 2.27. The maximum Gasteiger partial charge on any atom is 0.245 e. The molecule has 112 valence electrons. The zero-order valence-electron chi connectivity index (χ0n) is 11.7. The quantitative estimate of drug-likeness (QED) is 0.738. The Morgan fingerprint density at radius 3 is 2.65 bits per heavy atom. The van der Waals surface area contributed by atoms with E-state index in [1.165, 1.54) is 0 Å².